The van der Waals surface area contributed by atoms with Crippen LogP contribution < -0.4 is 10.1 Å². The van der Waals surface area contributed by atoms with E-state index >= 15 is 0 Å². The van der Waals surface area contributed by atoms with Crippen molar-refractivity contribution in [1.29, 1.82) is 0 Å². The average molecular weight is 296 g/mol. The first-order valence-corrected chi connectivity index (χ1v) is 7.62. The van der Waals surface area contributed by atoms with Crippen molar-refractivity contribution in [1.82, 2.24) is 5.32 Å². The van der Waals surface area contributed by atoms with E-state index in [2.05, 4.69) is 12.2 Å². The van der Waals surface area contributed by atoms with E-state index in [9.17, 15) is 4.79 Å². The monoisotopic (exact) mass is 295 g/mol. The summed E-state index contributed by atoms with van der Waals surface area (Å²) in [5, 5.41) is 3.78. The molecule has 0 heterocycles. The number of rotatable bonds is 4. The zero-order valence-corrected chi connectivity index (χ0v) is 12.9. The van der Waals surface area contributed by atoms with E-state index in [0.717, 1.165) is 12.0 Å². The van der Waals surface area contributed by atoms with Gasteiger partial charge in [-0.05, 0) is 49.4 Å². The standard InChI is InChI=1S/C16H22ClNO2/c1-11-5-3-4-6-15(11)18-16(19)10-20-13-7-8-14(17)12(2)9-13/h7-9,11,15H,3-6,10H2,1-2H3,(H,18,19)/t11-,15+/m0/s1. The highest BCUT2D eigenvalue weighted by molar-refractivity contribution is 6.31. The Morgan fingerprint density at radius 3 is 2.85 bits per heavy atom. The molecule has 1 amide bonds. The van der Waals surface area contributed by atoms with Crippen LogP contribution in [0.1, 0.15) is 38.2 Å². The Kier molecular flexibility index (Phi) is 5.30. The molecule has 2 atom stereocenters. The third-order valence-corrected chi connectivity index (χ3v) is 4.38. The van der Waals surface area contributed by atoms with Crippen LogP contribution in [0, 0.1) is 12.8 Å². The fourth-order valence-electron chi connectivity index (χ4n) is 2.63. The molecule has 2 rings (SSSR count). The second-order valence-electron chi connectivity index (χ2n) is 5.64. The number of hydrogen-bond donors (Lipinski definition) is 1. The predicted molar refractivity (Wildman–Crippen MR) is 81.2 cm³/mol. The summed E-state index contributed by atoms with van der Waals surface area (Å²) in [6, 6.07) is 5.71. The molecule has 0 unspecified atom stereocenters. The normalized spacial score (nSPS) is 22.4. The van der Waals surface area contributed by atoms with Gasteiger partial charge in [0, 0.05) is 11.1 Å². The second-order valence-corrected chi connectivity index (χ2v) is 6.04. The molecule has 1 aromatic carbocycles. The molecular formula is C16H22ClNO2. The number of ether oxygens (including phenoxy) is 1. The van der Waals surface area contributed by atoms with Crippen molar-refractivity contribution in [2.24, 2.45) is 5.92 Å². The smallest absolute Gasteiger partial charge is 0.258 e. The van der Waals surface area contributed by atoms with E-state index in [1.165, 1.54) is 19.3 Å². The molecule has 0 aliphatic heterocycles. The minimum Gasteiger partial charge on any atom is -0.484 e. The van der Waals surface area contributed by atoms with Crippen molar-refractivity contribution in [3.63, 3.8) is 0 Å². The maximum absolute atomic E-state index is 11.9. The highest BCUT2D eigenvalue weighted by atomic mass is 35.5. The molecule has 1 aromatic rings. The first-order valence-electron chi connectivity index (χ1n) is 7.24. The van der Waals surface area contributed by atoms with Gasteiger partial charge in [0.05, 0.1) is 0 Å². The number of aryl methyl sites for hydroxylation is 1. The van der Waals surface area contributed by atoms with Crippen molar-refractivity contribution in [2.45, 2.75) is 45.6 Å². The Labute approximate surface area is 125 Å². The van der Waals surface area contributed by atoms with Gasteiger partial charge < -0.3 is 10.1 Å². The van der Waals surface area contributed by atoms with Crippen molar-refractivity contribution in [3.05, 3.63) is 28.8 Å². The van der Waals surface area contributed by atoms with Crippen molar-refractivity contribution in [3.8, 4) is 5.75 Å². The summed E-state index contributed by atoms with van der Waals surface area (Å²) in [5.74, 6) is 1.19. The number of hydrogen-bond acceptors (Lipinski definition) is 2. The molecule has 0 spiro atoms. The Morgan fingerprint density at radius 2 is 2.15 bits per heavy atom. The molecule has 4 heteroatoms. The van der Waals surface area contributed by atoms with Crippen molar-refractivity contribution >= 4 is 17.5 Å². The molecule has 0 saturated heterocycles. The first kappa shape index (κ1) is 15.2. The third kappa shape index (κ3) is 4.14. The zero-order valence-electron chi connectivity index (χ0n) is 12.1. The molecule has 110 valence electrons. The summed E-state index contributed by atoms with van der Waals surface area (Å²) < 4.78 is 5.51. The summed E-state index contributed by atoms with van der Waals surface area (Å²) in [5.41, 5.74) is 0.950. The summed E-state index contributed by atoms with van der Waals surface area (Å²) in [6.07, 6.45) is 4.75. The summed E-state index contributed by atoms with van der Waals surface area (Å²) in [7, 11) is 0. The third-order valence-electron chi connectivity index (χ3n) is 3.96. The number of carbonyl (C=O) groups excluding carboxylic acids is 1. The van der Waals surface area contributed by atoms with Gasteiger partial charge in [0.15, 0.2) is 6.61 Å². The van der Waals surface area contributed by atoms with E-state index in [1.807, 2.05) is 13.0 Å². The molecule has 1 aliphatic carbocycles. The number of carbonyl (C=O) groups is 1. The van der Waals surface area contributed by atoms with Crippen LogP contribution in [0.4, 0.5) is 0 Å². The van der Waals surface area contributed by atoms with Gasteiger partial charge in [0.25, 0.3) is 5.91 Å². The van der Waals surface area contributed by atoms with Gasteiger partial charge in [0.1, 0.15) is 5.75 Å². The van der Waals surface area contributed by atoms with Gasteiger partial charge in [-0.15, -0.1) is 0 Å². The van der Waals surface area contributed by atoms with Crippen molar-refractivity contribution in [2.75, 3.05) is 6.61 Å². The Morgan fingerprint density at radius 1 is 1.40 bits per heavy atom. The molecule has 0 radical (unpaired) electrons. The SMILES string of the molecule is Cc1cc(OCC(=O)N[C@@H]2CCCC[C@@H]2C)ccc1Cl. The fraction of sp³-hybridized carbons (Fsp3) is 0.562. The summed E-state index contributed by atoms with van der Waals surface area (Å²) in [4.78, 5) is 11.9. The zero-order chi connectivity index (χ0) is 14.5. The van der Waals surface area contributed by atoms with Crippen LogP contribution in [0.3, 0.4) is 0 Å². The predicted octanol–water partition coefficient (Wildman–Crippen LogP) is 3.72. The van der Waals surface area contributed by atoms with Crippen LogP contribution in [-0.4, -0.2) is 18.6 Å². The molecule has 1 N–H and O–H groups in total. The molecule has 1 saturated carbocycles. The van der Waals surface area contributed by atoms with Gasteiger partial charge in [-0.1, -0.05) is 31.4 Å². The summed E-state index contributed by atoms with van der Waals surface area (Å²) in [6.45, 7) is 4.18. The van der Waals surface area contributed by atoms with Crippen LogP contribution in [-0.2, 0) is 4.79 Å². The number of amides is 1. The Bertz CT molecular complexity index is 476. The van der Waals surface area contributed by atoms with Gasteiger partial charge in [-0.3, -0.25) is 4.79 Å². The highest BCUT2D eigenvalue weighted by Gasteiger charge is 2.22. The van der Waals surface area contributed by atoms with Crippen molar-refractivity contribution < 1.29 is 9.53 Å². The maximum Gasteiger partial charge on any atom is 0.258 e. The van der Waals surface area contributed by atoms with Gasteiger partial charge in [-0.25, -0.2) is 0 Å². The average Bonchev–Trinajstić information content (AvgIpc) is 2.43. The van der Waals surface area contributed by atoms with Crippen LogP contribution in [0.25, 0.3) is 0 Å². The highest BCUT2D eigenvalue weighted by Crippen LogP contribution is 2.24. The van der Waals surface area contributed by atoms with E-state index in [0.29, 0.717) is 22.7 Å². The fourth-order valence-corrected chi connectivity index (χ4v) is 2.75. The summed E-state index contributed by atoms with van der Waals surface area (Å²) >= 11 is 5.95. The van der Waals surface area contributed by atoms with Gasteiger partial charge in [0.2, 0.25) is 0 Å². The first-order chi connectivity index (χ1) is 9.56. The van der Waals surface area contributed by atoms with Crippen LogP contribution >= 0.6 is 11.6 Å². The van der Waals surface area contributed by atoms with Gasteiger partial charge in [-0.2, -0.15) is 0 Å². The van der Waals surface area contributed by atoms with E-state index < -0.39 is 0 Å². The lowest BCUT2D eigenvalue weighted by Crippen LogP contribution is -2.43. The molecular weight excluding hydrogens is 274 g/mol. The van der Waals surface area contributed by atoms with Crippen LogP contribution in [0.5, 0.6) is 5.75 Å². The molecule has 20 heavy (non-hydrogen) atoms. The lowest BCUT2D eigenvalue weighted by atomic mass is 9.86. The topological polar surface area (TPSA) is 38.3 Å². The minimum atomic E-state index is -0.0450. The second kappa shape index (κ2) is 6.98. The number of benzene rings is 1. The molecule has 1 fully saturated rings. The quantitative estimate of drug-likeness (QED) is 0.919. The molecule has 0 aromatic heterocycles. The van der Waals surface area contributed by atoms with E-state index in [4.69, 9.17) is 16.3 Å². The Balaban J connectivity index is 1.81. The number of halogens is 1. The maximum atomic E-state index is 11.9. The lowest BCUT2D eigenvalue weighted by Gasteiger charge is -2.29. The molecule has 1 aliphatic rings. The lowest BCUT2D eigenvalue weighted by molar-refractivity contribution is -0.124. The number of nitrogens with one attached hydrogen (secondary N) is 1. The van der Waals surface area contributed by atoms with Gasteiger partial charge >= 0.3 is 0 Å². The van der Waals surface area contributed by atoms with E-state index in [1.54, 1.807) is 12.1 Å². The van der Waals surface area contributed by atoms with Crippen LogP contribution in [0.15, 0.2) is 18.2 Å². The molecule has 0 bridgehead atoms. The Hall–Kier alpha value is -1.22. The van der Waals surface area contributed by atoms with Crippen LogP contribution in [0.2, 0.25) is 5.02 Å². The largest absolute Gasteiger partial charge is 0.484 e. The van der Waals surface area contributed by atoms with E-state index in [-0.39, 0.29) is 12.5 Å². The molecule has 3 nitrogen and oxygen atoms in total. The minimum absolute atomic E-state index is 0.0450.